The summed E-state index contributed by atoms with van der Waals surface area (Å²) in [7, 11) is 0. The van der Waals surface area contributed by atoms with Gasteiger partial charge in [0.15, 0.2) is 0 Å². The summed E-state index contributed by atoms with van der Waals surface area (Å²) in [5, 5.41) is 6.76. The van der Waals surface area contributed by atoms with E-state index < -0.39 is 0 Å². The molecule has 0 saturated heterocycles. The number of halogens is 1. The molecule has 2 heterocycles. The van der Waals surface area contributed by atoms with Crippen LogP contribution in [0.25, 0.3) is 11.4 Å². The van der Waals surface area contributed by atoms with Crippen LogP contribution in [0, 0.1) is 6.92 Å². The summed E-state index contributed by atoms with van der Waals surface area (Å²) in [6, 6.07) is 14.1. The molecule has 3 rings (SSSR count). The molecule has 0 spiro atoms. The number of rotatable bonds is 6. The smallest absolute Gasteiger partial charge is 0.225 e. The summed E-state index contributed by atoms with van der Waals surface area (Å²) in [5.41, 5.74) is 3.74. The Morgan fingerprint density at radius 2 is 1.92 bits per heavy atom. The Balaban J connectivity index is 1.98. The number of aromatic nitrogens is 3. The second kappa shape index (κ2) is 8.27. The van der Waals surface area contributed by atoms with Crippen LogP contribution >= 0.6 is 15.9 Å². The van der Waals surface area contributed by atoms with E-state index in [1.54, 1.807) is 6.20 Å². The van der Waals surface area contributed by atoms with E-state index in [1.807, 2.05) is 36.4 Å². The second-order valence-electron chi connectivity index (χ2n) is 6.21. The quantitative estimate of drug-likeness (QED) is 0.555. The molecule has 5 nitrogen and oxygen atoms in total. The van der Waals surface area contributed by atoms with Gasteiger partial charge in [0.05, 0.1) is 11.4 Å². The summed E-state index contributed by atoms with van der Waals surface area (Å²) in [6.07, 6.45) is 2.76. The van der Waals surface area contributed by atoms with Crippen LogP contribution in [-0.4, -0.2) is 21.0 Å². The van der Waals surface area contributed by atoms with Crippen molar-refractivity contribution in [3.63, 3.8) is 0 Å². The van der Waals surface area contributed by atoms with Gasteiger partial charge in [-0.1, -0.05) is 28.9 Å². The molecule has 1 aromatic carbocycles. The molecule has 0 aliphatic carbocycles. The molecular weight excluding hydrogens is 390 g/mol. The lowest BCUT2D eigenvalue weighted by Gasteiger charge is -2.15. The average molecular weight is 412 g/mol. The molecular formula is C20H22BrN5. The molecule has 0 amide bonds. The Morgan fingerprint density at radius 1 is 1.08 bits per heavy atom. The van der Waals surface area contributed by atoms with Crippen molar-refractivity contribution < 1.29 is 0 Å². The fourth-order valence-corrected chi connectivity index (χ4v) is 2.92. The van der Waals surface area contributed by atoms with E-state index in [0.717, 1.165) is 39.4 Å². The molecule has 134 valence electrons. The average Bonchev–Trinajstić information content (AvgIpc) is 2.64. The maximum Gasteiger partial charge on any atom is 0.225 e. The van der Waals surface area contributed by atoms with Crippen LogP contribution in [0.4, 0.5) is 17.5 Å². The van der Waals surface area contributed by atoms with Crippen LogP contribution < -0.4 is 10.6 Å². The topological polar surface area (TPSA) is 62.7 Å². The summed E-state index contributed by atoms with van der Waals surface area (Å²) in [6.45, 7) is 6.31. The zero-order valence-electron chi connectivity index (χ0n) is 15.1. The van der Waals surface area contributed by atoms with Crippen LogP contribution in [0.3, 0.4) is 0 Å². The number of hydrogen-bond acceptors (Lipinski definition) is 5. The zero-order chi connectivity index (χ0) is 18.5. The maximum atomic E-state index is 4.64. The number of pyridine rings is 1. The van der Waals surface area contributed by atoms with Crippen LogP contribution in [0.15, 0.2) is 53.1 Å². The predicted molar refractivity (Wildman–Crippen MR) is 111 cm³/mol. The van der Waals surface area contributed by atoms with Gasteiger partial charge in [0, 0.05) is 28.5 Å². The summed E-state index contributed by atoms with van der Waals surface area (Å²) in [4.78, 5) is 13.7. The molecule has 3 aromatic rings. The monoisotopic (exact) mass is 411 g/mol. The molecule has 26 heavy (non-hydrogen) atoms. The van der Waals surface area contributed by atoms with Crippen molar-refractivity contribution in [1.82, 2.24) is 15.0 Å². The van der Waals surface area contributed by atoms with Gasteiger partial charge in [0.25, 0.3) is 0 Å². The van der Waals surface area contributed by atoms with Crippen LogP contribution in [0.5, 0.6) is 0 Å². The van der Waals surface area contributed by atoms with Gasteiger partial charge in [-0.15, -0.1) is 0 Å². The molecule has 0 aliphatic heterocycles. The van der Waals surface area contributed by atoms with Gasteiger partial charge in [0.2, 0.25) is 5.95 Å². The Bertz CT molecular complexity index is 883. The highest BCUT2D eigenvalue weighted by atomic mass is 79.9. The van der Waals surface area contributed by atoms with Crippen molar-refractivity contribution in [2.45, 2.75) is 33.2 Å². The first-order valence-electron chi connectivity index (χ1n) is 8.65. The highest BCUT2D eigenvalue weighted by Gasteiger charge is 2.10. The minimum Gasteiger partial charge on any atom is -0.352 e. The van der Waals surface area contributed by atoms with E-state index in [2.05, 4.69) is 68.4 Å². The Kier molecular flexibility index (Phi) is 5.83. The maximum absolute atomic E-state index is 4.64. The first-order valence-corrected chi connectivity index (χ1v) is 9.44. The lowest BCUT2D eigenvalue weighted by molar-refractivity contribution is 0.753. The lowest BCUT2D eigenvalue weighted by atomic mass is 10.2. The van der Waals surface area contributed by atoms with Gasteiger partial charge in [-0.3, -0.25) is 4.98 Å². The van der Waals surface area contributed by atoms with Gasteiger partial charge in [-0.25, -0.2) is 4.98 Å². The highest BCUT2D eigenvalue weighted by Crippen LogP contribution is 2.26. The molecule has 1 atom stereocenters. The number of benzene rings is 1. The van der Waals surface area contributed by atoms with Gasteiger partial charge < -0.3 is 10.6 Å². The Labute approximate surface area is 162 Å². The third-order valence-electron chi connectivity index (χ3n) is 4.09. The fourth-order valence-electron chi connectivity index (χ4n) is 2.45. The first-order chi connectivity index (χ1) is 12.5. The highest BCUT2D eigenvalue weighted by molar-refractivity contribution is 9.10. The summed E-state index contributed by atoms with van der Waals surface area (Å²) < 4.78 is 1.05. The summed E-state index contributed by atoms with van der Waals surface area (Å²) in [5.74, 6) is 1.33. The molecule has 0 saturated carbocycles. The van der Waals surface area contributed by atoms with E-state index in [9.17, 15) is 0 Å². The normalized spacial score (nSPS) is 11.8. The van der Waals surface area contributed by atoms with Crippen LogP contribution in [-0.2, 0) is 0 Å². The molecule has 0 bridgehead atoms. The zero-order valence-corrected chi connectivity index (χ0v) is 16.7. The van der Waals surface area contributed by atoms with Gasteiger partial charge in [-0.05, 0) is 56.2 Å². The molecule has 0 fully saturated rings. The first kappa shape index (κ1) is 18.3. The van der Waals surface area contributed by atoms with E-state index in [1.165, 1.54) is 0 Å². The van der Waals surface area contributed by atoms with Gasteiger partial charge >= 0.3 is 0 Å². The van der Waals surface area contributed by atoms with Crippen molar-refractivity contribution in [2.75, 3.05) is 10.6 Å². The number of hydrogen-bond donors (Lipinski definition) is 2. The van der Waals surface area contributed by atoms with E-state index in [4.69, 9.17) is 0 Å². The van der Waals surface area contributed by atoms with Gasteiger partial charge in [0.1, 0.15) is 5.82 Å². The molecule has 0 unspecified atom stereocenters. The largest absolute Gasteiger partial charge is 0.352 e. The number of nitrogens with zero attached hydrogens (tertiary/aromatic N) is 3. The molecule has 6 heteroatoms. The van der Waals surface area contributed by atoms with E-state index in [0.29, 0.717) is 5.95 Å². The predicted octanol–water partition coefficient (Wildman–Crippen LogP) is 5.56. The number of aryl methyl sites for hydroxylation is 1. The second-order valence-corrected chi connectivity index (χ2v) is 7.13. The van der Waals surface area contributed by atoms with Crippen molar-refractivity contribution >= 4 is 33.4 Å². The van der Waals surface area contributed by atoms with Crippen LogP contribution in [0.1, 0.15) is 25.8 Å². The van der Waals surface area contributed by atoms with Crippen molar-refractivity contribution in [3.8, 4) is 11.4 Å². The number of nitrogens with one attached hydrogen (secondary N) is 2. The lowest BCUT2D eigenvalue weighted by Crippen LogP contribution is -2.16. The Hall–Kier alpha value is -2.47. The third-order valence-corrected chi connectivity index (χ3v) is 4.59. The van der Waals surface area contributed by atoms with Crippen LogP contribution in [0.2, 0.25) is 0 Å². The number of anilines is 3. The van der Waals surface area contributed by atoms with Crippen molar-refractivity contribution in [2.24, 2.45) is 0 Å². The molecule has 0 aliphatic rings. The SMILES string of the molecule is CC[C@@H](C)Nc1nc(Nc2ccc(Br)cc2C)cc(-c2ccccn2)n1. The minimum absolute atomic E-state index is 0.288. The van der Waals surface area contributed by atoms with E-state index in [-0.39, 0.29) is 6.04 Å². The fraction of sp³-hybridized carbons (Fsp3) is 0.250. The van der Waals surface area contributed by atoms with Crippen molar-refractivity contribution in [1.29, 1.82) is 0 Å². The van der Waals surface area contributed by atoms with Crippen molar-refractivity contribution in [3.05, 3.63) is 58.7 Å². The standard InChI is InChI=1S/C20H22BrN5/c1-4-14(3)23-20-25-18(17-7-5-6-10-22-17)12-19(26-20)24-16-9-8-15(21)11-13(16)2/h5-12,14H,4H2,1-3H3,(H2,23,24,25,26)/t14-/m1/s1. The third kappa shape index (κ3) is 4.58. The summed E-state index contributed by atoms with van der Waals surface area (Å²) >= 11 is 3.50. The Morgan fingerprint density at radius 3 is 2.62 bits per heavy atom. The molecule has 2 N–H and O–H groups in total. The molecule has 2 aromatic heterocycles. The molecule has 0 radical (unpaired) electrons. The minimum atomic E-state index is 0.288. The van der Waals surface area contributed by atoms with Gasteiger partial charge in [-0.2, -0.15) is 4.98 Å². The van der Waals surface area contributed by atoms with E-state index >= 15 is 0 Å².